The smallest absolute Gasteiger partial charge is 0.140 e. The third-order valence-corrected chi connectivity index (χ3v) is 3.08. The molecule has 19 heavy (non-hydrogen) atoms. The van der Waals surface area contributed by atoms with E-state index < -0.39 is 0 Å². The molecular formula is C13H8ClN5. The van der Waals surface area contributed by atoms with Crippen LogP contribution in [0, 0.1) is 0 Å². The molecule has 0 spiro atoms. The van der Waals surface area contributed by atoms with Crippen molar-refractivity contribution in [2.24, 2.45) is 5.11 Å². The van der Waals surface area contributed by atoms with Gasteiger partial charge < -0.3 is 4.98 Å². The van der Waals surface area contributed by atoms with E-state index in [1.807, 2.05) is 24.3 Å². The Morgan fingerprint density at radius 3 is 2.84 bits per heavy atom. The maximum Gasteiger partial charge on any atom is 0.140 e. The standard InChI is InChI=1S/C13H8ClN5/c14-10-6-5-8(18-19-15)7-9(10)13-16-11-3-1-2-4-12(11)17-13/h1-7H,(H,16,17). The van der Waals surface area contributed by atoms with E-state index in [4.69, 9.17) is 17.1 Å². The summed E-state index contributed by atoms with van der Waals surface area (Å²) in [5.74, 6) is 0.654. The van der Waals surface area contributed by atoms with Crippen LogP contribution in [-0.4, -0.2) is 9.97 Å². The van der Waals surface area contributed by atoms with Gasteiger partial charge in [0.15, 0.2) is 0 Å². The highest BCUT2D eigenvalue weighted by atomic mass is 35.5. The van der Waals surface area contributed by atoms with Crippen LogP contribution in [0.4, 0.5) is 5.69 Å². The molecule has 0 saturated heterocycles. The molecule has 0 fully saturated rings. The fourth-order valence-corrected chi connectivity index (χ4v) is 2.10. The van der Waals surface area contributed by atoms with Crippen LogP contribution in [0.5, 0.6) is 0 Å². The second-order valence-corrected chi connectivity index (χ2v) is 4.36. The van der Waals surface area contributed by atoms with Crippen molar-refractivity contribution < 1.29 is 0 Å². The third kappa shape index (κ3) is 2.12. The molecule has 2 aromatic carbocycles. The average molecular weight is 270 g/mol. The molecule has 1 heterocycles. The summed E-state index contributed by atoms with van der Waals surface area (Å²) >= 11 is 6.16. The van der Waals surface area contributed by atoms with E-state index in [0.29, 0.717) is 22.1 Å². The Hall–Kier alpha value is -2.49. The lowest BCUT2D eigenvalue weighted by Gasteiger charge is -2.01. The lowest BCUT2D eigenvalue weighted by atomic mass is 10.2. The van der Waals surface area contributed by atoms with E-state index in [-0.39, 0.29) is 0 Å². The largest absolute Gasteiger partial charge is 0.338 e. The summed E-state index contributed by atoms with van der Waals surface area (Å²) in [7, 11) is 0. The van der Waals surface area contributed by atoms with E-state index in [1.54, 1.807) is 18.2 Å². The van der Waals surface area contributed by atoms with Crippen LogP contribution >= 0.6 is 11.6 Å². The maximum atomic E-state index is 8.47. The number of H-pyrrole nitrogens is 1. The molecule has 3 rings (SSSR count). The fraction of sp³-hybridized carbons (Fsp3) is 0. The molecule has 0 aliphatic heterocycles. The Morgan fingerprint density at radius 1 is 1.21 bits per heavy atom. The van der Waals surface area contributed by atoms with E-state index in [0.717, 1.165) is 11.0 Å². The van der Waals surface area contributed by atoms with E-state index in [1.165, 1.54) is 0 Å². The first-order valence-electron chi connectivity index (χ1n) is 5.58. The molecule has 1 N–H and O–H groups in total. The lowest BCUT2D eigenvalue weighted by molar-refractivity contribution is 1.33. The van der Waals surface area contributed by atoms with Crippen LogP contribution in [0.3, 0.4) is 0 Å². The molecule has 3 aromatic rings. The number of nitrogens with one attached hydrogen (secondary N) is 1. The van der Waals surface area contributed by atoms with Gasteiger partial charge in [0.05, 0.1) is 16.1 Å². The normalized spacial score (nSPS) is 10.4. The van der Waals surface area contributed by atoms with Crippen molar-refractivity contribution in [1.82, 2.24) is 9.97 Å². The molecule has 1 aromatic heterocycles. The Morgan fingerprint density at radius 2 is 2.05 bits per heavy atom. The first-order valence-corrected chi connectivity index (χ1v) is 5.95. The van der Waals surface area contributed by atoms with E-state index in [2.05, 4.69) is 20.0 Å². The van der Waals surface area contributed by atoms with Gasteiger partial charge in [-0.2, -0.15) is 0 Å². The first-order chi connectivity index (χ1) is 9.28. The summed E-state index contributed by atoms with van der Waals surface area (Å²) in [4.78, 5) is 10.4. The highest BCUT2D eigenvalue weighted by molar-refractivity contribution is 6.33. The monoisotopic (exact) mass is 269 g/mol. The van der Waals surface area contributed by atoms with Gasteiger partial charge in [-0.3, -0.25) is 0 Å². The molecule has 0 atom stereocenters. The van der Waals surface area contributed by atoms with Crippen molar-refractivity contribution in [2.45, 2.75) is 0 Å². The molecule has 92 valence electrons. The zero-order valence-corrected chi connectivity index (χ0v) is 10.5. The highest BCUT2D eigenvalue weighted by Crippen LogP contribution is 2.31. The number of nitrogens with zero attached hydrogens (tertiary/aromatic N) is 4. The first kappa shape index (κ1) is 11.6. The van der Waals surface area contributed by atoms with Crippen LogP contribution in [0.1, 0.15) is 0 Å². The second kappa shape index (κ2) is 4.65. The van der Waals surface area contributed by atoms with Crippen LogP contribution in [0.25, 0.3) is 32.9 Å². The molecule has 0 bridgehead atoms. The minimum absolute atomic E-state index is 0.502. The molecule has 0 aliphatic rings. The van der Waals surface area contributed by atoms with Crippen LogP contribution in [0.2, 0.25) is 5.02 Å². The highest BCUT2D eigenvalue weighted by Gasteiger charge is 2.09. The van der Waals surface area contributed by atoms with Gasteiger partial charge in [-0.25, -0.2) is 4.98 Å². The summed E-state index contributed by atoms with van der Waals surface area (Å²) in [5, 5.41) is 4.12. The summed E-state index contributed by atoms with van der Waals surface area (Å²) in [6.45, 7) is 0. The topological polar surface area (TPSA) is 77.4 Å². The van der Waals surface area contributed by atoms with Gasteiger partial charge in [0.1, 0.15) is 5.82 Å². The molecule has 0 saturated carbocycles. The summed E-state index contributed by atoms with van der Waals surface area (Å²) in [6, 6.07) is 12.8. The minimum Gasteiger partial charge on any atom is -0.338 e. The predicted molar refractivity (Wildman–Crippen MR) is 75.3 cm³/mol. The maximum absolute atomic E-state index is 8.47. The Kier molecular flexibility index (Phi) is 2.83. The fourth-order valence-electron chi connectivity index (χ4n) is 1.89. The Bertz CT molecular complexity index is 769. The van der Waals surface area contributed by atoms with Crippen molar-refractivity contribution in [3.05, 3.63) is 57.9 Å². The van der Waals surface area contributed by atoms with Crippen molar-refractivity contribution in [2.75, 3.05) is 0 Å². The summed E-state index contributed by atoms with van der Waals surface area (Å²) < 4.78 is 0. The van der Waals surface area contributed by atoms with Crippen LogP contribution in [-0.2, 0) is 0 Å². The number of benzene rings is 2. The number of aromatic amines is 1. The number of imidazole rings is 1. The van der Waals surface area contributed by atoms with Gasteiger partial charge in [0.2, 0.25) is 0 Å². The Balaban J connectivity index is 2.19. The predicted octanol–water partition coefficient (Wildman–Crippen LogP) is 4.83. The van der Waals surface area contributed by atoms with Crippen molar-refractivity contribution >= 4 is 28.3 Å². The molecule has 0 amide bonds. The van der Waals surface area contributed by atoms with Gasteiger partial charge in [-0.1, -0.05) is 34.9 Å². The van der Waals surface area contributed by atoms with Gasteiger partial charge in [-0.15, -0.1) is 0 Å². The van der Waals surface area contributed by atoms with Crippen molar-refractivity contribution in [1.29, 1.82) is 0 Å². The number of hydrogen-bond donors (Lipinski definition) is 1. The molecule has 0 aliphatic carbocycles. The van der Waals surface area contributed by atoms with Gasteiger partial charge in [0, 0.05) is 16.2 Å². The molecule has 5 nitrogen and oxygen atoms in total. The molecule has 0 unspecified atom stereocenters. The van der Waals surface area contributed by atoms with Gasteiger partial charge in [0.25, 0.3) is 0 Å². The Labute approximate surface area is 113 Å². The van der Waals surface area contributed by atoms with Crippen molar-refractivity contribution in [3.63, 3.8) is 0 Å². The number of fused-ring (bicyclic) bond motifs is 1. The third-order valence-electron chi connectivity index (χ3n) is 2.75. The zero-order chi connectivity index (χ0) is 13.2. The zero-order valence-electron chi connectivity index (χ0n) is 9.71. The number of azide groups is 1. The SMILES string of the molecule is [N-]=[N+]=Nc1ccc(Cl)c(-c2nc3ccccc3[nH]2)c1. The minimum atomic E-state index is 0.502. The van der Waals surface area contributed by atoms with Gasteiger partial charge >= 0.3 is 0 Å². The van der Waals surface area contributed by atoms with Crippen molar-refractivity contribution in [3.8, 4) is 11.4 Å². The van der Waals surface area contributed by atoms with E-state index >= 15 is 0 Å². The number of halogens is 1. The number of para-hydroxylation sites is 2. The molecular weight excluding hydrogens is 262 g/mol. The molecule has 6 heteroatoms. The lowest BCUT2D eigenvalue weighted by Crippen LogP contribution is -1.81. The quantitative estimate of drug-likeness (QED) is 0.404. The number of hydrogen-bond acceptors (Lipinski definition) is 2. The molecule has 0 radical (unpaired) electrons. The second-order valence-electron chi connectivity index (χ2n) is 3.96. The van der Waals surface area contributed by atoms with Gasteiger partial charge in [-0.05, 0) is 29.8 Å². The summed E-state index contributed by atoms with van der Waals surface area (Å²) in [6.07, 6.45) is 0. The van der Waals surface area contributed by atoms with E-state index in [9.17, 15) is 0 Å². The average Bonchev–Trinajstić information content (AvgIpc) is 2.85. The van der Waals surface area contributed by atoms with Crippen LogP contribution < -0.4 is 0 Å². The van der Waals surface area contributed by atoms with Crippen LogP contribution in [0.15, 0.2) is 47.6 Å². The number of rotatable bonds is 2. The summed E-state index contributed by atoms with van der Waals surface area (Å²) in [5.41, 5.74) is 11.5. The number of aromatic nitrogens is 2.